The Morgan fingerprint density at radius 1 is 1.19 bits per heavy atom. The van der Waals surface area contributed by atoms with Gasteiger partial charge < -0.3 is 19.2 Å². The van der Waals surface area contributed by atoms with Crippen LogP contribution in [0.2, 0.25) is 0 Å². The van der Waals surface area contributed by atoms with Crippen LogP contribution in [0.3, 0.4) is 0 Å². The summed E-state index contributed by atoms with van der Waals surface area (Å²) in [6, 6.07) is 5.53. The molecule has 2 fully saturated rings. The van der Waals surface area contributed by atoms with Crippen LogP contribution in [-0.2, 0) is 17.6 Å². The van der Waals surface area contributed by atoms with E-state index in [4.69, 9.17) is 9.15 Å². The van der Waals surface area contributed by atoms with Crippen molar-refractivity contribution in [2.45, 2.75) is 76.4 Å². The molecule has 2 aliphatic carbocycles. The van der Waals surface area contributed by atoms with Crippen LogP contribution in [0.1, 0.15) is 63.0 Å². The lowest BCUT2D eigenvalue weighted by atomic mass is 9.71. The van der Waals surface area contributed by atoms with E-state index in [1.165, 1.54) is 0 Å². The third kappa shape index (κ3) is 3.75. The molecule has 2 aromatic rings. The van der Waals surface area contributed by atoms with E-state index in [0.717, 1.165) is 67.9 Å². The molecule has 0 unspecified atom stereocenters. The lowest BCUT2D eigenvalue weighted by Gasteiger charge is -2.47. The molecule has 3 aliphatic rings. The minimum atomic E-state index is -0.642. The summed E-state index contributed by atoms with van der Waals surface area (Å²) in [4.78, 5) is 27.3. The first-order valence-electron chi connectivity index (χ1n) is 11.7. The highest BCUT2D eigenvalue weighted by molar-refractivity contribution is 5.84. The van der Waals surface area contributed by atoms with Gasteiger partial charge in [0.2, 0.25) is 0 Å². The zero-order valence-electron chi connectivity index (χ0n) is 18.2. The van der Waals surface area contributed by atoms with E-state index in [-0.39, 0.29) is 17.5 Å². The van der Waals surface area contributed by atoms with Gasteiger partial charge in [-0.15, -0.1) is 0 Å². The number of hydrogen-bond donors (Lipinski definition) is 1. The number of likely N-dealkylation sites (tertiary alicyclic amines) is 1. The summed E-state index contributed by atoms with van der Waals surface area (Å²) in [5.74, 6) is 0.630. The van der Waals surface area contributed by atoms with Crippen molar-refractivity contribution in [2.24, 2.45) is 5.92 Å². The van der Waals surface area contributed by atoms with Crippen molar-refractivity contribution in [3.8, 4) is 5.75 Å². The quantitative estimate of drug-likeness (QED) is 0.760. The first-order valence-corrected chi connectivity index (χ1v) is 11.7. The molecule has 0 bridgehead atoms. The summed E-state index contributed by atoms with van der Waals surface area (Å²) in [5, 5.41) is 11.8. The SMILES string of the molecule is C[C@@H](Oc1ccc2c3c(c(=O)oc2c1)CCCC3)C(=O)N1CC[C@@]2(O)CCCC[C@H]2C1. The molecular weight excluding hydrogens is 394 g/mol. The van der Waals surface area contributed by atoms with Crippen molar-refractivity contribution in [1.29, 1.82) is 0 Å². The molecule has 1 aromatic heterocycles. The summed E-state index contributed by atoms with van der Waals surface area (Å²) in [6.45, 7) is 2.93. The van der Waals surface area contributed by atoms with Gasteiger partial charge in [-0.25, -0.2) is 4.79 Å². The van der Waals surface area contributed by atoms with Gasteiger partial charge in [0.15, 0.2) is 6.10 Å². The summed E-state index contributed by atoms with van der Waals surface area (Å²) < 4.78 is 11.5. The Bertz CT molecular complexity index is 1060. The zero-order valence-corrected chi connectivity index (χ0v) is 18.2. The summed E-state index contributed by atoms with van der Waals surface area (Å²) in [5.41, 5.74) is 1.57. The van der Waals surface area contributed by atoms with Crippen LogP contribution in [0.4, 0.5) is 0 Å². The van der Waals surface area contributed by atoms with Crippen LogP contribution in [0, 0.1) is 5.92 Å². The van der Waals surface area contributed by atoms with Gasteiger partial charge in [-0.1, -0.05) is 12.8 Å². The number of fused-ring (bicyclic) bond motifs is 4. The second-order valence-electron chi connectivity index (χ2n) is 9.55. The number of amides is 1. The highest BCUT2D eigenvalue weighted by Crippen LogP contribution is 2.40. The molecule has 1 amide bonds. The van der Waals surface area contributed by atoms with Gasteiger partial charge in [0.05, 0.1) is 5.60 Å². The van der Waals surface area contributed by atoms with E-state index < -0.39 is 11.7 Å². The predicted molar refractivity (Wildman–Crippen MR) is 117 cm³/mol. The second kappa shape index (κ2) is 7.97. The molecule has 1 N–H and O–H groups in total. The lowest BCUT2D eigenvalue weighted by Crippen LogP contribution is -2.56. The first kappa shape index (κ1) is 20.6. The van der Waals surface area contributed by atoms with Crippen molar-refractivity contribution < 1.29 is 19.1 Å². The number of benzene rings is 1. The molecule has 0 spiro atoms. The molecule has 1 aliphatic heterocycles. The molecule has 166 valence electrons. The van der Waals surface area contributed by atoms with Gasteiger partial charge in [0.25, 0.3) is 5.91 Å². The molecule has 6 heteroatoms. The van der Waals surface area contributed by atoms with Gasteiger partial charge in [0, 0.05) is 36.0 Å². The van der Waals surface area contributed by atoms with Crippen LogP contribution in [0.25, 0.3) is 11.0 Å². The van der Waals surface area contributed by atoms with Crippen LogP contribution in [0.5, 0.6) is 5.75 Å². The maximum atomic E-state index is 13.0. The Labute approximate surface area is 182 Å². The minimum absolute atomic E-state index is 0.0559. The molecule has 0 radical (unpaired) electrons. The van der Waals surface area contributed by atoms with E-state index in [1.54, 1.807) is 13.0 Å². The van der Waals surface area contributed by atoms with Crippen molar-refractivity contribution >= 4 is 16.9 Å². The lowest BCUT2D eigenvalue weighted by molar-refractivity contribution is -0.149. The summed E-state index contributed by atoms with van der Waals surface area (Å²) in [6.07, 6.45) is 7.80. The molecule has 1 saturated heterocycles. The molecule has 6 nitrogen and oxygen atoms in total. The van der Waals surface area contributed by atoms with E-state index in [2.05, 4.69) is 0 Å². The van der Waals surface area contributed by atoms with Gasteiger partial charge in [0.1, 0.15) is 11.3 Å². The number of rotatable bonds is 3. The monoisotopic (exact) mass is 425 g/mol. The van der Waals surface area contributed by atoms with Gasteiger partial charge in [-0.3, -0.25) is 4.79 Å². The van der Waals surface area contributed by atoms with Gasteiger partial charge in [-0.05, 0) is 69.6 Å². The van der Waals surface area contributed by atoms with Crippen LogP contribution < -0.4 is 10.4 Å². The number of piperidine rings is 1. The number of nitrogens with zero attached hydrogens (tertiary/aromatic N) is 1. The summed E-state index contributed by atoms with van der Waals surface area (Å²) in [7, 11) is 0. The molecule has 3 atom stereocenters. The number of aliphatic hydroxyl groups is 1. The van der Waals surface area contributed by atoms with Crippen LogP contribution in [0.15, 0.2) is 27.4 Å². The Morgan fingerprint density at radius 2 is 2.00 bits per heavy atom. The van der Waals surface area contributed by atoms with Gasteiger partial charge >= 0.3 is 5.63 Å². The number of hydrogen-bond acceptors (Lipinski definition) is 5. The Balaban J connectivity index is 1.31. The standard InChI is InChI=1S/C25H31NO5/c1-16(23(27)26-13-12-25(29)11-5-4-6-17(25)15-26)30-18-9-10-20-19-7-2-3-8-21(19)24(28)31-22(20)14-18/h9-10,14,16-17,29H,2-8,11-13,15H2,1H3/t16-,17+,25+/m1/s1. The largest absolute Gasteiger partial charge is 0.481 e. The van der Waals surface area contributed by atoms with E-state index in [1.807, 2.05) is 17.0 Å². The van der Waals surface area contributed by atoms with Crippen molar-refractivity contribution in [1.82, 2.24) is 4.90 Å². The number of carbonyl (C=O) groups is 1. The predicted octanol–water partition coefficient (Wildman–Crippen LogP) is 3.59. The van der Waals surface area contributed by atoms with Gasteiger partial charge in [-0.2, -0.15) is 0 Å². The highest BCUT2D eigenvalue weighted by atomic mass is 16.5. The van der Waals surface area contributed by atoms with E-state index in [0.29, 0.717) is 30.8 Å². The third-order valence-corrected chi connectivity index (χ3v) is 7.59. The summed E-state index contributed by atoms with van der Waals surface area (Å²) >= 11 is 0. The van der Waals surface area contributed by atoms with Crippen LogP contribution >= 0.6 is 0 Å². The molecule has 1 saturated carbocycles. The third-order valence-electron chi connectivity index (χ3n) is 7.59. The normalized spacial score (nSPS) is 26.8. The molecule has 31 heavy (non-hydrogen) atoms. The average molecular weight is 426 g/mol. The zero-order chi connectivity index (χ0) is 21.6. The fourth-order valence-electron chi connectivity index (χ4n) is 5.78. The fraction of sp³-hybridized carbons (Fsp3) is 0.600. The minimum Gasteiger partial charge on any atom is -0.481 e. The van der Waals surface area contributed by atoms with Crippen molar-refractivity contribution in [2.75, 3.05) is 13.1 Å². The smallest absolute Gasteiger partial charge is 0.339 e. The Morgan fingerprint density at radius 3 is 2.84 bits per heavy atom. The number of ether oxygens (including phenoxy) is 1. The van der Waals surface area contributed by atoms with Crippen molar-refractivity contribution in [3.63, 3.8) is 0 Å². The number of aryl methyl sites for hydroxylation is 1. The topological polar surface area (TPSA) is 80.0 Å². The highest BCUT2D eigenvalue weighted by Gasteiger charge is 2.44. The molecule has 5 rings (SSSR count). The van der Waals surface area contributed by atoms with Crippen LogP contribution in [-0.4, -0.2) is 40.7 Å². The molecular formula is C25H31NO5. The first-order chi connectivity index (χ1) is 14.9. The second-order valence-corrected chi connectivity index (χ2v) is 9.55. The maximum Gasteiger partial charge on any atom is 0.339 e. The number of carbonyl (C=O) groups excluding carboxylic acids is 1. The molecule has 2 heterocycles. The Hall–Kier alpha value is -2.34. The molecule has 1 aromatic carbocycles. The fourth-order valence-corrected chi connectivity index (χ4v) is 5.78. The van der Waals surface area contributed by atoms with Crippen molar-refractivity contribution in [3.05, 3.63) is 39.7 Å². The van der Waals surface area contributed by atoms with E-state index in [9.17, 15) is 14.7 Å². The Kier molecular flexibility index (Phi) is 5.29. The average Bonchev–Trinajstić information content (AvgIpc) is 2.78. The maximum absolute atomic E-state index is 13.0. The van der Waals surface area contributed by atoms with E-state index >= 15 is 0 Å².